The second-order valence-electron chi connectivity index (χ2n) is 5.43. The Balaban J connectivity index is 2.04. The molecule has 1 amide bonds. The number of amides is 1. The van der Waals surface area contributed by atoms with Crippen molar-refractivity contribution < 1.29 is 9.53 Å². The maximum atomic E-state index is 12.2. The van der Waals surface area contributed by atoms with Crippen LogP contribution >= 0.6 is 0 Å². The van der Waals surface area contributed by atoms with Crippen molar-refractivity contribution in [3.8, 4) is 5.75 Å². The molecule has 6 nitrogen and oxygen atoms in total. The first-order valence-electron chi connectivity index (χ1n) is 8.21. The van der Waals surface area contributed by atoms with Crippen molar-refractivity contribution in [2.24, 2.45) is 0 Å². The standard InChI is InChI=1S/C18H23N3O3/c1-3-5-8-14-11-18(23)21(13-19-14)12-17(22)20-15-9-6-7-10-16(15)24-4-2/h6-7,9-11,13H,3-5,8,12H2,1-2H3,(H,20,22). The lowest BCUT2D eigenvalue weighted by Crippen LogP contribution is -2.28. The van der Waals surface area contributed by atoms with E-state index in [9.17, 15) is 9.59 Å². The summed E-state index contributed by atoms with van der Waals surface area (Å²) in [5.41, 5.74) is 1.13. The van der Waals surface area contributed by atoms with E-state index in [0.29, 0.717) is 18.0 Å². The van der Waals surface area contributed by atoms with Crippen molar-refractivity contribution in [1.29, 1.82) is 0 Å². The molecule has 0 saturated heterocycles. The number of para-hydroxylation sites is 2. The zero-order chi connectivity index (χ0) is 17.4. The van der Waals surface area contributed by atoms with Crippen molar-refractivity contribution in [1.82, 2.24) is 9.55 Å². The molecule has 0 spiro atoms. The van der Waals surface area contributed by atoms with E-state index in [1.807, 2.05) is 19.1 Å². The molecule has 1 heterocycles. The zero-order valence-electron chi connectivity index (χ0n) is 14.1. The Labute approximate surface area is 141 Å². The molecule has 0 unspecified atom stereocenters. The highest BCUT2D eigenvalue weighted by Gasteiger charge is 2.09. The normalized spacial score (nSPS) is 10.4. The molecular weight excluding hydrogens is 306 g/mol. The molecule has 1 aromatic carbocycles. The van der Waals surface area contributed by atoms with Gasteiger partial charge in [0.05, 0.1) is 18.6 Å². The highest BCUT2D eigenvalue weighted by molar-refractivity contribution is 5.92. The van der Waals surface area contributed by atoms with Gasteiger partial charge in [0.1, 0.15) is 12.3 Å². The summed E-state index contributed by atoms with van der Waals surface area (Å²) in [4.78, 5) is 28.5. The van der Waals surface area contributed by atoms with Crippen LogP contribution < -0.4 is 15.6 Å². The Morgan fingerprint density at radius 3 is 2.79 bits per heavy atom. The summed E-state index contributed by atoms with van der Waals surface area (Å²) >= 11 is 0. The summed E-state index contributed by atoms with van der Waals surface area (Å²) in [6.45, 7) is 4.39. The van der Waals surface area contributed by atoms with Crippen LogP contribution in [0.2, 0.25) is 0 Å². The molecule has 128 valence electrons. The van der Waals surface area contributed by atoms with Crippen LogP contribution in [0.15, 0.2) is 41.5 Å². The molecule has 0 aliphatic heterocycles. The number of nitrogens with zero attached hydrogens (tertiary/aromatic N) is 2. The number of nitrogens with one attached hydrogen (secondary N) is 1. The van der Waals surface area contributed by atoms with Crippen LogP contribution in [-0.4, -0.2) is 22.1 Å². The number of benzene rings is 1. The van der Waals surface area contributed by atoms with Crippen LogP contribution in [-0.2, 0) is 17.8 Å². The fourth-order valence-electron chi connectivity index (χ4n) is 2.27. The Kier molecular flexibility index (Phi) is 6.54. The van der Waals surface area contributed by atoms with Crippen LogP contribution in [0, 0.1) is 0 Å². The van der Waals surface area contributed by atoms with E-state index in [0.717, 1.165) is 25.0 Å². The number of aromatic nitrogens is 2. The van der Waals surface area contributed by atoms with E-state index in [2.05, 4.69) is 17.2 Å². The summed E-state index contributed by atoms with van der Waals surface area (Å²) in [5.74, 6) is 0.307. The van der Waals surface area contributed by atoms with Gasteiger partial charge in [-0.25, -0.2) is 4.98 Å². The predicted octanol–water partition coefficient (Wildman–Crippen LogP) is 2.62. The Morgan fingerprint density at radius 2 is 2.08 bits per heavy atom. The minimum absolute atomic E-state index is 0.0830. The van der Waals surface area contributed by atoms with Crippen LogP contribution in [0.3, 0.4) is 0 Å². The molecule has 24 heavy (non-hydrogen) atoms. The Morgan fingerprint density at radius 1 is 1.29 bits per heavy atom. The summed E-state index contributed by atoms with van der Waals surface area (Å²) in [7, 11) is 0. The van der Waals surface area contributed by atoms with Crippen LogP contribution in [0.25, 0.3) is 0 Å². The average Bonchev–Trinajstić information content (AvgIpc) is 2.57. The van der Waals surface area contributed by atoms with Crippen molar-refractivity contribution in [2.75, 3.05) is 11.9 Å². The molecular formula is C18H23N3O3. The largest absolute Gasteiger partial charge is 0.492 e. The number of hydrogen-bond acceptors (Lipinski definition) is 4. The van der Waals surface area contributed by atoms with Gasteiger partial charge in [0.15, 0.2) is 0 Å². The molecule has 1 aromatic heterocycles. The van der Waals surface area contributed by atoms with Gasteiger partial charge in [-0.1, -0.05) is 25.5 Å². The molecule has 2 aromatic rings. The van der Waals surface area contributed by atoms with Crippen molar-refractivity contribution in [3.05, 3.63) is 52.7 Å². The molecule has 6 heteroatoms. The maximum absolute atomic E-state index is 12.2. The lowest BCUT2D eigenvalue weighted by Gasteiger charge is -2.12. The van der Waals surface area contributed by atoms with Gasteiger partial charge in [0.2, 0.25) is 5.91 Å². The topological polar surface area (TPSA) is 73.2 Å². The molecule has 0 radical (unpaired) electrons. The number of carbonyl (C=O) groups is 1. The van der Waals surface area contributed by atoms with Gasteiger partial charge >= 0.3 is 0 Å². The number of ether oxygens (including phenoxy) is 1. The fourth-order valence-corrected chi connectivity index (χ4v) is 2.27. The Hall–Kier alpha value is -2.63. The van der Waals surface area contributed by atoms with Crippen molar-refractivity contribution >= 4 is 11.6 Å². The van der Waals surface area contributed by atoms with Gasteiger partial charge in [-0.15, -0.1) is 0 Å². The summed E-state index contributed by atoms with van der Waals surface area (Å²) in [5, 5.41) is 2.77. The SMILES string of the molecule is CCCCc1cc(=O)n(CC(=O)Nc2ccccc2OCC)cn1. The minimum atomic E-state index is -0.299. The lowest BCUT2D eigenvalue weighted by molar-refractivity contribution is -0.116. The first kappa shape index (κ1) is 17.7. The van der Waals surface area contributed by atoms with Gasteiger partial charge in [-0.05, 0) is 31.9 Å². The van der Waals surface area contributed by atoms with E-state index in [1.165, 1.54) is 17.0 Å². The quantitative estimate of drug-likeness (QED) is 0.808. The maximum Gasteiger partial charge on any atom is 0.253 e. The third-order valence-electron chi connectivity index (χ3n) is 3.50. The molecule has 0 bridgehead atoms. The number of unbranched alkanes of at least 4 members (excludes halogenated alkanes) is 1. The highest BCUT2D eigenvalue weighted by Crippen LogP contribution is 2.23. The van der Waals surface area contributed by atoms with Crippen molar-refractivity contribution in [2.45, 2.75) is 39.7 Å². The van der Waals surface area contributed by atoms with Gasteiger partial charge in [0.25, 0.3) is 5.56 Å². The van der Waals surface area contributed by atoms with Crippen LogP contribution in [0.1, 0.15) is 32.4 Å². The van der Waals surface area contributed by atoms with E-state index in [1.54, 1.807) is 12.1 Å². The van der Waals surface area contributed by atoms with Crippen LogP contribution in [0.5, 0.6) is 5.75 Å². The first-order valence-corrected chi connectivity index (χ1v) is 8.21. The lowest BCUT2D eigenvalue weighted by atomic mass is 10.2. The molecule has 0 saturated carbocycles. The number of anilines is 1. The van der Waals surface area contributed by atoms with Crippen LogP contribution in [0.4, 0.5) is 5.69 Å². The third kappa shape index (κ3) is 4.94. The molecule has 0 atom stereocenters. The van der Waals surface area contributed by atoms with Gasteiger partial charge in [0, 0.05) is 11.8 Å². The molecule has 0 aliphatic rings. The van der Waals surface area contributed by atoms with E-state index >= 15 is 0 Å². The van der Waals surface area contributed by atoms with Gasteiger partial charge < -0.3 is 10.1 Å². The molecule has 1 N–H and O–H groups in total. The molecule has 2 rings (SSSR count). The van der Waals surface area contributed by atoms with Gasteiger partial charge in [-0.3, -0.25) is 14.2 Å². The second-order valence-corrected chi connectivity index (χ2v) is 5.43. The van der Waals surface area contributed by atoms with E-state index < -0.39 is 0 Å². The summed E-state index contributed by atoms with van der Waals surface area (Å²) in [6, 6.07) is 8.70. The number of rotatable bonds is 8. The zero-order valence-corrected chi connectivity index (χ0v) is 14.1. The smallest absolute Gasteiger partial charge is 0.253 e. The molecule has 0 fully saturated rings. The second kappa shape index (κ2) is 8.86. The monoisotopic (exact) mass is 329 g/mol. The van der Waals surface area contributed by atoms with E-state index in [4.69, 9.17) is 4.74 Å². The minimum Gasteiger partial charge on any atom is -0.492 e. The summed E-state index contributed by atoms with van der Waals surface area (Å²) in [6.07, 6.45) is 4.25. The third-order valence-corrected chi connectivity index (χ3v) is 3.50. The first-order chi connectivity index (χ1) is 11.6. The van der Waals surface area contributed by atoms with Gasteiger partial charge in [-0.2, -0.15) is 0 Å². The summed E-state index contributed by atoms with van der Waals surface area (Å²) < 4.78 is 6.77. The van der Waals surface area contributed by atoms with E-state index in [-0.39, 0.29) is 18.0 Å². The fraction of sp³-hybridized carbons (Fsp3) is 0.389. The predicted molar refractivity (Wildman–Crippen MR) is 93.3 cm³/mol. The number of carbonyl (C=O) groups excluding carboxylic acids is 1. The number of hydrogen-bond donors (Lipinski definition) is 1. The number of aryl methyl sites for hydroxylation is 1. The molecule has 0 aliphatic carbocycles. The Bertz CT molecular complexity index is 740. The average molecular weight is 329 g/mol. The van der Waals surface area contributed by atoms with Crippen molar-refractivity contribution in [3.63, 3.8) is 0 Å². The highest BCUT2D eigenvalue weighted by atomic mass is 16.5.